The van der Waals surface area contributed by atoms with Crippen molar-refractivity contribution in [1.82, 2.24) is 10.6 Å². The number of alkyl carbamates (subject to hydrolysis) is 1. The third-order valence-corrected chi connectivity index (χ3v) is 7.62. The Hall–Kier alpha value is -2.41. The normalized spacial score (nSPS) is 22.4. The van der Waals surface area contributed by atoms with Crippen molar-refractivity contribution in [2.75, 3.05) is 13.2 Å². The summed E-state index contributed by atoms with van der Waals surface area (Å²) in [5.41, 5.74) is 0.956. The molecular formula is C30H46N2O5. The molecule has 1 aromatic rings. The Balaban J connectivity index is 1.64. The number of carbonyl (C=O) groups is 3. The number of ether oxygens (including phenoxy) is 2. The summed E-state index contributed by atoms with van der Waals surface area (Å²) in [6, 6.07) is 9.30. The van der Waals surface area contributed by atoms with Gasteiger partial charge in [0.05, 0.1) is 18.4 Å². The van der Waals surface area contributed by atoms with Gasteiger partial charge >= 0.3 is 12.1 Å². The van der Waals surface area contributed by atoms with Crippen molar-refractivity contribution in [1.29, 1.82) is 0 Å². The van der Waals surface area contributed by atoms with E-state index in [4.69, 9.17) is 9.47 Å². The van der Waals surface area contributed by atoms with E-state index in [9.17, 15) is 14.4 Å². The molecule has 5 atom stereocenters. The first-order chi connectivity index (χ1) is 17.7. The fraction of sp³-hybridized carbons (Fsp3) is 0.700. The summed E-state index contributed by atoms with van der Waals surface area (Å²) >= 11 is 0. The van der Waals surface area contributed by atoms with E-state index in [2.05, 4.69) is 38.3 Å². The molecule has 3 rings (SSSR count). The Bertz CT molecular complexity index is 881. The maximum Gasteiger partial charge on any atom is 0.407 e. The largest absolute Gasteiger partial charge is 0.460 e. The second-order valence-corrected chi connectivity index (χ2v) is 11.6. The van der Waals surface area contributed by atoms with E-state index in [1.54, 1.807) is 0 Å². The van der Waals surface area contributed by atoms with Gasteiger partial charge in [0, 0.05) is 25.6 Å². The van der Waals surface area contributed by atoms with E-state index < -0.39 is 12.1 Å². The van der Waals surface area contributed by atoms with Crippen LogP contribution in [-0.2, 0) is 19.1 Å². The van der Waals surface area contributed by atoms with Gasteiger partial charge in [0.1, 0.15) is 11.9 Å². The highest BCUT2D eigenvalue weighted by Gasteiger charge is 2.58. The fourth-order valence-electron chi connectivity index (χ4n) is 5.73. The molecule has 2 unspecified atom stereocenters. The summed E-state index contributed by atoms with van der Waals surface area (Å²) in [5.74, 6) is 0.0210. The molecule has 1 aromatic carbocycles. The zero-order valence-electron chi connectivity index (χ0n) is 23.2. The summed E-state index contributed by atoms with van der Waals surface area (Å²) in [5, 5.41) is 6.61. The molecular weight excluding hydrogens is 468 g/mol. The molecule has 7 heteroatoms. The zero-order valence-corrected chi connectivity index (χ0v) is 23.2. The maximum atomic E-state index is 12.9. The van der Waals surface area contributed by atoms with Crippen molar-refractivity contribution in [2.24, 2.45) is 23.7 Å². The van der Waals surface area contributed by atoms with E-state index in [-0.39, 0.29) is 41.7 Å². The van der Waals surface area contributed by atoms with E-state index in [0.717, 1.165) is 24.8 Å². The van der Waals surface area contributed by atoms with Crippen molar-refractivity contribution in [3.8, 4) is 0 Å². The van der Waals surface area contributed by atoms with Crippen LogP contribution < -0.4 is 10.6 Å². The van der Waals surface area contributed by atoms with Crippen LogP contribution in [0.25, 0.3) is 0 Å². The van der Waals surface area contributed by atoms with Crippen LogP contribution in [0.15, 0.2) is 30.3 Å². The molecule has 2 N–H and O–H groups in total. The standard InChI is InChI=1S/C30H46N2O5/c1-19(2)16-24(32-30(35)36-18-22-12-8-6-9-13-22)17-31-27(20(3)4)29(37-21(5)33)26-25(28(26)34)23-14-10-7-11-15-23/h7,10-11,14-15,19-20,22,24-27,29,31H,6,8-9,12-13,16-18H2,1-5H3,(H,32,35)/t24-,25?,26?,27+,29-/m1/s1. The second kappa shape index (κ2) is 13.9. The number of hydrogen-bond donors (Lipinski definition) is 2. The molecule has 37 heavy (non-hydrogen) atoms. The highest BCUT2D eigenvalue weighted by atomic mass is 16.6. The summed E-state index contributed by atoms with van der Waals surface area (Å²) < 4.78 is 11.4. The van der Waals surface area contributed by atoms with Crippen LogP contribution >= 0.6 is 0 Å². The van der Waals surface area contributed by atoms with Crippen LogP contribution in [0.1, 0.15) is 84.6 Å². The van der Waals surface area contributed by atoms with Gasteiger partial charge in [-0.3, -0.25) is 9.59 Å². The van der Waals surface area contributed by atoms with E-state index in [1.165, 1.54) is 26.2 Å². The average molecular weight is 515 g/mol. The molecule has 2 fully saturated rings. The van der Waals surface area contributed by atoms with Gasteiger partial charge in [-0.15, -0.1) is 0 Å². The van der Waals surface area contributed by atoms with E-state index in [1.807, 2.05) is 30.3 Å². The summed E-state index contributed by atoms with van der Waals surface area (Å²) in [6.45, 7) is 10.7. The number of amides is 1. The van der Waals surface area contributed by atoms with Gasteiger partial charge in [-0.1, -0.05) is 77.3 Å². The Labute approximate surface area is 222 Å². The minimum atomic E-state index is -0.576. The van der Waals surface area contributed by atoms with Crippen molar-refractivity contribution in [3.63, 3.8) is 0 Å². The van der Waals surface area contributed by atoms with Gasteiger partial charge < -0.3 is 20.1 Å². The molecule has 2 saturated carbocycles. The Morgan fingerprint density at radius 2 is 1.70 bits per heavy atom. The van der Waals surface area contributed by atoms with Crippen LogP contribution in [0.4, 0.5) is 4.79 Å². The number of ketones is 1. The topological polar surface area (TPSA) is 93.7 Å². The Morgan fingerprint density at radius 1 is 1.03 bits per heavy atom. The molecule has 0 heterocycles. The number of benzene rings is 1. The monoisotopic (exact) mass is 514 g/mol. The molecule has 1 amide bonds. The van der Waals surface area contributed by atoms with Gasteiger partial charge in [0.2, 0.25) is 0 Å². The van der Waals surface area contributed by atoms with E-state index in [0.29, 0.717) is 25.0 Å². The minimum Gasteiger partial charge on any atom is -0.460 e. The molecule has 0 aliphatic heterocycles. The lowest BCUT2D eigenvalue weighted by molar-refractivity contribution is -0.150. The fourth-order valence-corrected chi connectivity index (χ4v) is 5.73. The zero-order chi connectivity index (χ0) is 26.9. The molecule has 0 saturated heterocycles. The van der Waals surface area contributed by atoms with Gasteiger partial charge in [0.25, 0.3) is 0 Å². The third-order valence-electron chi connectivity index (χ3n) is 7.62. The molecule has 2 aliphatic carbocycles. The molecule has 206 valence electrons. The number of carbonyl (C=O) groups excluding carboxylic acids is 3. The predicted octanol–water partition coefficient (Wildman–Crippen LogP) is 5.24. The Morgan fingerprint density at radius 3 is 2.30 bits per heavy atom. The summed E-state index contributed by atoms with van der Waals surface area (Å²) in [7, 11) is 0. The highest BCUT2D eigenvalue weighted by Crippen LogP contribution is 2.47. The Kier molecular flexibility index (Phi) is 11.0. The molecule has 2 aliphatic rings. The summed E-state index contributed by atoms with van der Waals surface area (Å²) in [4.78, 5) is 37.6. The van der Waals surface area contributed by atoms with Crippen molar-refractivity contribution in [2.45, 2.75) is 97.2 Å². The molecule has 0 radical (unpaired) electrons. The highest BCUT2D eigenvalue weighted by molar-refractivity contribution is 6.05. The lowest BCUT2D eigenvalue weighted by Gasteiger charge is -2.32. The van der Waals surface area contributed by atoms with Crippen molar-refractivity contribution >= 4 is 17.8 Å². The average Bonchev–Trinajstić information content (AvgIpc) is 3.52. The van der Waals surface area contributed by atoms with E-state index >= 15 is 0 Å². The van der Waals surface area contributed by atoms with Crippen LogP contribution in [0, 0.1) is 23.7 Å². The number of nitrogens with one attached hydrogen (secondary N) is 2. The predicted molar refractivity (Wildman–Crippen MR) is 144 cm³/mol. The number of rotatable bonds is 13. The van der Waals surface area contributed by atoms with Gasteiger partial charge in [0.15, 0.2) is 0 Å². The van der Waals surface area contributed by atoms with Crippen LogP contribution in [0.5, 0.6) is 0 Å². The van der Waals surface area contributed by atoms with Gasteiger partial charge in [-0.2, -0.15) is 0 Å². The molecule has 7 nitrogen and oxygen atoms in total. The van der Waals surface area contributed by atoms with Gasteiger partial charge in [-0.25, -0.2) is 4.79 Å². The number of esters is 1. The molecule has 0 bridgehead atoms. The quantitative estimate of drug-likeness (QED) is 0.350. The van der Waals surface area contributed by atoms with Crippen molar-refractivity contribution < 1.29 is 23.9 Å². The van der Waals surface area contributed by atoms with Crippen LogP contribution in [0.2, 0.25) is 0 Å². The van der Waals surface area contributed by atoms with Crippen LogP contribution in [-0.4, -0.2) is 49.2 Å². The van der Waals surface area contributed by atoms with Crippen molar-refractivity contribution in [3.05, 3.63) is 35.9 Å². The molecule has 0 spiro atoms. The smallest absolute Gasteiger partial charge is 0.407 e. The summed E-state index contributed by atoms with van der Waals surface area (Å²) in [6.07, 6.45) is 5.78. The van der Waals surface area contributed by atoms with Gasteiger partial charge in [-0.05, 0) is 42.6 Å². The number of Topliss-reactive ketones (excluding diaryl/α,β-unsaturated/α-hetero) is 1. The minimum absolute atomic E-state index is 0.104. The van der Waals surface area contributed by atoms with Crippen LogP contribution in [0.3, 0.4) is 0 Å². The lowest BCUT2D eigenvalue weighted by Crippen LogP contribution is -2.52. The first-order valence-corrected chi connectivity index (χ1v) is 14.1. The second-order valence-electron chi connectivity index (χ2n) is 11.6. The number of hydrogen-bond acceptors (Lipinski definition) is 6. The molecule has 0 aromatic heterocycles. The third kappa shape index (κ3) is 8.84. The first-order valence-electron chi connectivity index (χ1n) is 14.1. The SMILES string of the molecule is CC(=O)O[C@H](C1C(=O)C1c1ccccc1)[C@@H](NC[C@@H](CC(C)C)NC(=O)OCC1CCCCC1)C(C)C. The first kappa shape index (κ1) is 29.2. The maximum absolute atomic E-state index is 12.9. The lowest BCUT2D eigenvalue weighted by atomic mass is 9.90.